The molecule has 1 fully saturated rings. The molecule has 1 amide bonds. The van der Waals surface area contributed by atoms with Gasteiger partial charge in [0.25, 0.3) is 5.91 Å². The number of nitrogen functional groups attached to an aromatic ring is 1. The maximum absolute atomic E-state index is 12.2. The summed E-state index contributed by atoms with van der Waals surface area (Å²) in [5.41, 5.74) is 6.11. The van der Waals surface area contributed by atoms with Crippen molar-refractivity contribution in [3.63, 3.8) is 0 Å². The molecular weight excluding hydrogens is 216 g/mol. The van der Waals surface area contributed by atoms with Crippen molar-refractivity contribution in [2.45, 2.75) is 12.5 Å². The second-order valence-electron chi connectivity index (χ2n) is 4.63. The highest BCUT2D eigenvalue weighted by molar-refractivity contribution is 5.94. The standard InChI is InChI=1S/C12H18N4O/c1-15(2)10-5-6-16(8-10)12(17)9-3-4-11(13)14-7-9/h3-4,7,10H,5-6,8H2,1-2H3,(H2,13,14)/t10-/m0/s1. The zero-order chi connectivity index (χ0) is 12.4. The molecule has 2 rings (SSSR count). The summed E-state index contributed by atoms with van der Waals surface area (Å²) in [5, 5.41) is 0. The van der Waals surface area contributed by atoms with E-state index >= 15 is 0 Å². The number of carbonyl (C=O) groups excluding carboxylic acids is 1. The van der Waals surface area contributed by atoms with Crippen LogP contribution in [0.3, 0.4) is 0 Å². The van der Waals surface area contributed by atoms with Crippen LogP contribution in [-0.4, -0.2) is 53.9 Å². The molecule has 1 aromatic rings. The van der Waals surface area contributed by atoms with Gasteiger partial charge in [-0.1, -0.05) is 0 Å². The summed E-state index contributed by atoms with van der Waals surface area (Å²) in [5.74, 6) is 0.482. The highest BCUT2D eigenvalue weighted by Gasteiger charge is 2.27. The largest absolute Gasteiger partial charge is 0.384 e. The van der Waals surface area contributed by atoms with Crippen molar-refractivity contribution in [1.82, 2.24) is 14.8 Å². The monoisotopic (exact) mass is 234 g/mol. The third-order valence-corrected chi connectivity index (χ3v) is 3.21. The minimum absolute atomic E-state index is 0.0434. The number of nitrogens with two attached hydrogens (primary N) is 1. The molecule has 5 heteroatoms. The summed E-state index contributed by atoms with van der Waals surface area (Å²) in [4.78, 5) is 20.1. The van der Waals surface area contributed by atoms with Gasteiger partial charge in [-0.05, 0) is 32.6 Å². The van der Waals surface area contributed by atoms with Gasteiger partial charge in [0, 0.05) is 25.3 Å². The van der Waals surface area contributed by atoms with Crippen LogP contribution >= 0.6 is 0 Å². The lowest BCUT2D eigenvalue weighted by atomic mass is 10.2. The first-order valence-corrected chi connectivity index (χ1v) is 5.75. The number of amides is 1. The van der Waals surface area contributed by atoms with Crippen LogP contribution in [0.25, 0.3) is 0 Å². The quantitative estimate of drug-likeness (QED) is 0.806. The molecule has 0 unspecified atom stereocenters. The van der Waals surface area contributed by atoms with Crippen LogP contribution in [0.5, 0.6) is 0 Å². The van der Waals surface area contributed by atoms with E-state index in [4.69, 9.17) is 5.73 Å². The molecule has 2 N–H and O–H groups in total. The lowest BCUT2D eigenvalue weighted by Crippen LogP contribution is -2.34. The average Bonchev–Trinajstić information content (AvgIpc) is 2.78. The Morgan fingerprint density at radius 1 is 1.53 bits per heavy atom. The minimum Gasteiger partial charge on any atom is -0.384 e. The van der Waals surface area contributed by atoms with Crippen LogP contribution in [0.15, 0.2) is 18.3 Å². The summed E-state index contributed by atoms with van der Waals surface area (Å²) < 4.78 is 0. The third-order valence-electron chi connectivity index (χ3n) is 3.21. The highest BCUT2D eigenvalue weighted by atomic mass is 16.2. The number of anilines is 1. The maximum atomic E-state index is 12.2. The van der Waals surface area contributed by atoms with Gasteiger partial charge >= 0.3 is 0 Å². The lowest BCUT2D eigenvalue weighted by Gasteiger charge is -2.20. The first kappa shape index (κ1) is 11.9. The number of hydrogen-bond acceptors (Lipinski definition) is 4. The fourth-order valence-electron chi connectivity index (χ4n) is 2.06. The summed E-state index contributed by atoms with van der Waals surface area (Å²) >= 11 is 0. The summed E-state index contributed by atoms with van der Waals surface area (Å²) in [6.45, 7) is 1.60. The van der Waals surface area contributed by atoms with Gasteiger partial charge in [-0.2, -0.15) is 0 Å². The summed E-state index contributed by atoms with van der Waals surface area (Å²) in [7, 11) is 4.09. The van der Waals surface area contributed by atoms with Gasteiger partial charge in [0.15, 0.2) is 0 Å². The van der Waals surface area contributed by atoms with E-state index in [-0.39, 0.29) is 5.91 Å². The van der Waals surface area contributed by atoms with E-state index in [0.717, 1.165) is 19.5 Å². The Morgan fingerprint density at radius 2 is 2.29 bits per heavy atom. The number of carbonyl (C=O) groups is 1. The number of likely N-dealkylation sites (N-methyl/N-ethyl adjacent to an activating group) is 1. The molecule has 1 saturated heterocycles. The molecule has 0 bridgehead atoms. The molecule has 1 atom stereocenters. The fraction of sp³-hybridized carbons (Fsp3) is 0.500. The minimum atomic E-state index is 0.0434. The van der Waals surface area contributed by atoms with E-state index < -0.39 is 0 Å². The average molecular weight is 234 g/mol. The predicted octanol–water partition coefficient (Wildman–Crippen LogP) is 0.440. The molecule has 0 aromatic carbocycles. The normalized spacial score (nSPS) is 19.9. The Kier molecular flexibility index (Phi) is 3.28. The fourth-order valence-corrected chi connectivity index (χ4v) is 2.06. The Morgan fingerprint density at radius 3 is 2.82 bits per heavy atom. The second-order valence-corrected chi connectivity index (χ2v) is 4.63. The zero-order valence-corrected chi connectivity index (χ0v) is 10.3. The lowest BCUT2D eigenvalue weighted by molar-refractivity contribution is 0.0782. The van der Waals surface area contributed by atoms with Crippen LogP contribution in [0.2, 0.25) is 0 Å². The Hall–Kier alpha value is -1.62. The van der Waals surface area contributed by atoms with E-state index in [9.17, 15) is 4.79 Å². The van der Waals surface area contributed by atoms with Crippen molar-refractivity contribution in [1.29, 1.82) is 0 Å². The van der Waals surface area contributed by atoms with Crippen LogP contribution in [0.4, 0.5) is 5.82 Å². The van der Waals surface area contributed by atoms with E-state index in [1.165, 1.54) is 0 Å². The SMILES string of the molecule is CN(C)[C@H]1CCN(C(=O)c2ccc(N)nc2)C1. The number of pyridine rings is 1. The second kappa shape index (κ2) is 4.71. The molecule has 17 heavy (non-hydrogen) atoms. The van der Waals surface area contributed by atoms with Crippen molar-refractivity contribution < 1.29 is 4.79 Å². The number of hydrogen-bond donors (Lipinski definition) is 1. The molecule has 1 aliphatic rings. The van der Waals surface area contributed by atoms with Crippen molar-refractivity contribution in [3.05, 3.63) is 23.9 Å². The highest BCUT2D eigenvalue weighted by Crippen LogP contribution is 2.16. The molecule has 0 aliphatic carbocycles. The predicted molar refractivity (Wildman–Crippen MR) is 66.6 cm³/mol. The van der Waals surface area contributed by atoms with Crippen molar-refractivity contribution in [2.75, 3.05) is 32.9 Å². The Bertz CT molecular complexity index is 401. The topological polar surface area (TPSA) is 62.5 Å². The number of rotatable bonds is 2. The molecular formula is C12H18N4O. The van der Waals surface area contributed by atoms with Crippen molar-refractivity contribution >= 4 is 11.7 Å². The van der Waals surface area contributed by atoms with E-state index in [1.807, 2.05) is 19.0 Å². The summed E-state index contributed by atoms with van der Waals surface area (Å²) in [6, 6.07) is 3.85. The number of nitrogens with zero attached hydrogens (tertiary/aromatic N) is 3. The van der Waals surface area contributed by atoms with Crippen LogP contribution in [-0.2, 0) is 0 Å². The molecule has 0 saturated carbocycles. The van der Waals surface area contributed by atoms with Crippen LogP contribution < -0.4 is 5.73 Å². The van der Waals surface area contributed by atoms with Gasteiger partial charge in [-0.25, -0.2) is 4.98 Å². The number of aromatic nitrogens is 1. The molecule has 0 radical (unpaired) electrons. The first-order chi connectivity index (χ1) is 8.08. The Balaban J connectivity index is 2.04. The van der Waals surface area contributed by atoms with E-state index in [1.54, 1.807) is 18.3 Å². The zero-order valence-electron chi connectivity index (χ0n) is 10.3. The smallest absolute Gasteiger partial charge is 0.255 e. The molecule has 5 nitrogen and oxygen atoms in total. The van der Waals surface area contributed by atoms with Gasteiger partial charge in [-0.3, -0.25) is 4.79 Å². The van der Waals surface area contributed by atoms with Gasteiger partial charge in [-0.15, -0.1) is 0 Å². The van der Waals surface area contributed by atoms with Crippen molar-refractivity contribution in [3.8, 4) is 0 Å². The molecule has 0 spiro atoms. The van der Waals surface area contributed by atoms with Gasteiger partial charge in [0.1, 0.15) is 5.82 Å². The van der Waals surface area contributed by atoms with Crippen LogP contribution in [0.1, 0.15) is 16.8 Å². The molecule has 92 valence electrons. The molecule has 2 heterocycles. The Labute approximate surface area is 101 Å². The first-order valence-electron chi connectivity index (χ1n) is 5.75. The number of likely N-dealkylation sites (tertiary alicyclic amines) is 1. The maximum Gasteiger partial charge on any atom is 0.255 e. The van der Waals surface area contributed by atoms with Crippen LogP contribution in [0, 0.1) is 0 Å². The van der Waals surface area contributed by atoms with Crippen molar-refractivity contribution in [2.24, 2.45) is 0 Å². The van der Waals surface area contributed by atoms with Gasteiger partial charge in [0.2, 0.25) is 0 Å². The van der Waals surface area contributed by atoms with E-state index in [2.05, 4.69) is 9.88 Å². The molecule has 1 aromatic heterocycles. The van der Waals surface area contributed by atoms with Gasteiger partial charge < -0.3 is 15.5 Å². The third kappa shape index (κ3) is 2.55. The van der Waals surface area contributed by atoms with E-state index in [0.29, 0.717) is 17.4 Å². The summed E-state index contributed by atoms with van der Waals surface area (Å²) in [6.07, 6.45) is 2.57. The molecule has 1 aliphatic heterocycles. The van der Waals surface area contributed by atoms with Gasteiger partial charge in [0.05, 0.1) is 5.56 Å².